The summed E-state index contributed by atoms with van der Waals surface area (Å²) >= 11 is 3.66. The van der Waals surface area contributed by atoms with Gasteiger partial charge in [0.1, 0.15) is 5.76 Å². The second-order valence-electron chi connectivity index (χ2n) is 2.16. The first-order valence-electron chi connectivity index (χ1n) is 3.18. The number of hydrogen-bond acceptors (Lipinski definition) is 5. The van der Waals surface area contributed by atoms with Gasteiger partial charge in [0, 0.05) is 0 Å². The Kier molecular flexibility index (Phi) is 2.09. The SMILES string of the molecule is Cc1oncc1-c1nnc(I)s1. The molecule has 0 saturated carbocycles. The van der Waals surface area contributed by atoms with Gasteiger partial charge < -0.3 is 4.52 Å². The lowest BCUT2D eigenvalue weighted by Gasteiger charge is -1.85. The van der Waals surface area contributed by atoms with Crippen molar-refractivity contribution in [2.75, 3.05) is 0 Å². The molecule has 0 aromatic carbocycles. The van der Waals surface area contributed by atoms with Crippen molar-refractivity contribution in [1.29, 1.82) is 0 Å². The Bertz CT molecular complexity index is 397. The summed E-state index contributed by atoms with van der Waals surface area (Å²) in [5.41, 5.74) is 0.926. The molecule has 2 heterocycles. The van der Waals surface area contributed by atoms with Crippen LogP contribution in [0.3, 0.4) is 0 Å². The van der Waals surface area contributed by atoms with E-state index in [1.807, 2.05) is 6.92 Å². The second kappa shape index (κ2) is 3.09. The van der Waals surface area contributed by atoms with Crippen LogP contribution < -0.4 is 0 Å². The number of aryl methyl sites for hydroxylation is 1. The van der Waals surface area contributed by atoms with E-state index in [0.717, 1.165) is 19.3 Å². The zero-order chi connectivity index (χ0) is 8.55. The van der Waals surface area contributed by atoms with Crippen molar-refractivity contribution in [2.45, 2.75) is 6.92 Å². The van der Waals surface area contributed by atoms with Crippen LogP contribution in [0.15, 0.2) is 10.7 Å². The number of rotatable bonds is 1. The smallest absolute Gasteiger partial charge is 0.178 e. The van der Waals surface area contributed by atoms with Crippen LogP contribution in [0.2, 0.25) is 0 Å². The van der Waals surface area contributed by atoms with Crippen molar-refractivity contribution in [3.63, 3.8) is 0 Å². The van der Waals surface area contributed by atoms with Crippen molar-refractivity contribution in [1.82, 2.24) is 15.4 Å². The van der Waals surface area contributed by atoms with E-state index in [4.69, 9.17) is 4.52 Å². The average molecular weight is 293 g/mol. The molecule has 0 atom stereocenters. The van der Waals surface area contributed by atoms with Crippen LogP contribution in [0.1, 0.15) is 5.76 Å². The molecule has 2 aromatic heterocycles. The quantitative estimate of drug-likeness (QED) is 0.756. The molecular formula is C6H4IN3OS. The van der Waals surface area contributed by atoms with Crippen LogP contribution in [0, 0.1) is 9.94 Å². The van der Waals surface area contributed by atoms with E-state index < -0.39 is 0 Å². The minimum atomic E-state index is 0.780. The molecule has 0 amide bonds. The van der Waals surface area contributed by atoms with Crippen LogP contribution in [0.25, 0.3) is 10.6 Å². The number of aromatic nitrogens is 3. The molecule has 0 fully saturated rings. The highest BCUT2D eigenvalue weighted by molar-refractivity contribution is 14.1. The Labute approximate surface area is 86.1 Å². The minimum Gasteiger partial charge on any atom is -0.361 e. The summed E-state index contributed by atoms with van der Waals surface area (Å²) in [5, 5.41) is 12.4. The third kappa shape index (κ3) is 1.36. The summed E-state index contributed by atoms with van der Waals surface area (Å²) in [5.74, 6) is 0.780. The molecule has 0 aliphatic rings. The first kappa shape index (κ1) is 8.11. The lowest BCUT2D eigenvalue weighted by atomic mass is 10.3. The standard InChI is InChI=1S/C6H4IN3OS/c1-3-4(2-8-11-3)5-9-10-6(7)12-5/h2H,1H3. The molecule has 0 radical (unpaired) electrons. The topological polar surface area (TPSA) is 51.8 Å². The van der Waals surface area contributed by atoms with Gasteiger partial charge in [0.05, 0.1) is 11.8 Å². The van der Waals surface area contributed by atoms with Crippen molar-refractivity contribution in [3.05, 3.63) is 15.0 Å². The molecule has 0 aliphatic carbocycles. The summed E-state index contributed by atoms with van der Waals surface area (Å²) in [6.45, 7) is 1.86. The Morgan fingerprint density at radius 3 is 2.83 bits per heavy atom. The van der Waals surface area contributed by atoms with Gasteiger partial charge >= 0.3 is 0 Å². The summed E-state index contributed by atoms with van der Waals surface area (Å²) in [7, 11) is 0. The van der Waals surface area contributed by atoms with Gasteiger partial charge in [0.25, 0.3) is 0 Å². The number of halogens is 1. The molecule has 12 heavy (non-hydrogen) atoms. The predicted octanol–water partition coefficient (Wildman–Crippen LogP) is 2.11. The Morgan fingerprint density at radius 1 is 1.50 bits per heavy atom. The third-order valence-electron chi connectivity index (χ3n) is 1.38. The first-order valence-corrected chi connectivity index (χ1v) is 5.07. The van der Waals surface area contributed by atoms with E-state index in [2.05, 4.69) is 37.9 Å². The van der Waals surface area contributed by atoms with E-state index >= 15 is 0 Å². The molecular weight excluding hydrogens is 289 g/mol. The Morgan fingerprint density at radius 2 is 2.33 bits per heavy atom. The summed E-state index contributed by atoms with van der Waals surface area (Å²) in [4.78, 5) is 0. The minimum absolute atomic E-state index is 0.780. The third-order valence-corrected chi connectivity index (χ3v) is 3.00. The highest BCUT2D eigenvalue weighted by atomic mass is 127. The van der Waals surface area contributed by atoms with Crippen LogP contribution in [0.5, 0.6) is 0 Å². The lowest BCUT2D eigenvalue weighted by molar-refractivity contribution is 0.398. The lowest BCUT2D eigenvalue weighted by Crippen LogP contribution is -1.75. The zero-order valence-corrected chi connectivity index (χ0v) is 9.09. The van der Waals surface area contributed by atoms with Gasteiger partial charge in [-0.05, 0) is 29.5 Å². The highest BCUT2D eigenvalue weighted by Crippen LogP contribution is 2.26. The number of hydrogen-bond donors (Lipinski definition) is 0. The fourth-order valence-electron chi connectivity index (χ4n) is 0.818. The average Bonchev–Trinajstić information content (AvgIpc) is 2.58. The van der Waals surface area contributed by atoms with Crippen LogP contribution >= 0.6 is 33.9 Å². The van der Waals surface area contributed by atoms with Crippen molar-refractivity contribution >= 4 is 33.9 Å². The summed E-state index contributed by atoms with van der Waals surface area (Å²) in [6.07, 6.45) is 1.66. The second-order valence-corrected chi connectivity index (χ2v) is 4.89. The summed E-state index contributed by atoms with van der Waals surface area (Å²) < 4.78 is 5.83. The molecule has 62 valence electrons. The number of nitrogens with zero attached hydrogens (tertiary/aromatic N) is 3. The molecule has 0 aliphatic heterocycles. The molecule has 0 spiro atoms. The van der Waals surface area contributed by atoms with Crippen molar-refractivity contribution in [3.8, 4) is 10.6 Å². The van der Waals surface area contributed by atoms with Gasteiger partial charge in [-0.1, -0.05) is 16.5 Å². The van der Waals surface area contributed by atoms with Gasteiger partial charge in [-0.3, -0.25) is 0 Å². The van der Waals surface area contributed by atoms with E-state index in [1.54, 1.807) is 6.20 Å². The van der Waals surface area contributed by atoms with E-state index in [9.17, 15) is 0 Å². The molecule has 0 N–H and O–H groups in total. The first-order chi connectivity index (χ1) is 5.77. The maximum Gasteiger partial charge on any atom is 0.178 e. The fourth-order valence-corrected chi connectivity index (χ4v) is 2.18. The molecule has 0 unspecified atom stereocenters. The maximum atomic E-state index is 4.91. The van der Waals surface area contributed by atoms with E-state index in [-0.39, 0.29) is 0 Å². The Hall–Kier alpha value is -0.500. The maximum absolute atomic E-state index is 4.91. The Balaban J connectivity index is 2.50. The highest BCUT2D eigenvalue weighted by Gasteiger charge is 2.10. The van der Waals surface area contributed by atoms with E-state index in [1.165, 1.54) is 11.3 Å². The van der Waals surface area contributed by atoms with Gasteiger partial charge in [-0.25, -0.2) is 0 Å². The molecule has 6 heteroatoms. The monoisotopic (exact) mass is 293 g/mol. The van der Waals surface area contributed by atoms with Gasteiger partial charge in [0.2, 0.25) is 0 Å². The van der Waals surface area contributed by atoms with Crippen LogP contribution in [0.4, 0.5) is 0 Å². The van der Waals surface area contributed by atoms with Crippen LogP contribution in [-0.2, 0) is 0 Å². The van der Waals surface area contributed by atoms with Crippen LogP contribution in [-0.4, -0.2) is 15.4 Å². The zero-order valence-electron chi connectivity index (χ0n) is 6.11. The molecule has 0 bridgehead atoms. The normalized spacial score (nSPS) is 10.5. The van der Waals surface area contributed by atoms with Gasteiger partial charge in [-0.2, -0.15) is 0 Å². The van der Waals surface area contributed by atoms with E-state index in [0.29, 0.717) is 0 Å². The molecule has 2 rings (SSSR count). The molecule has 0 saturated heterocycles. The molecule has 2 aromatic rings. The van der Waals surface area contributed by atoms with Gasteiger partial charge in [0.15, 0.2) is 8.02 Å². The molecule has 4 nitrogen and oxygen atoms in total. The van der Waals surface area contributed by atoms with Crippen molar-refractivity contribution < 1.29 is 4.52 Å². The fraction of sp³-hybridized carbons (Fsp3) is 0.167. The van der Waals surface area contributed by atoms with Gasteiger partial charge in [-0.15, -0.1) is 10.2 Å². The largest absolute Gasteiger partial charge is 0.361 e. The summed E-state index contributed by atoms with van der Waals surface area (Å²) in [6, 6.07) is 0. The predicted molar refractivity (Wildman–Crippen MR) is 52.9 cm³/mol. The van der Waals surface area contributed by atoms with Crippen molar-refractivity contribution in [2.24, 2.45) is 0 Å².